The highest BCUT2D eigenvalue weighted by atomic mass is 19.3. The molecule has 0 atom stereocenters. The van der Waals surface area contributed by atoms with Crippen LogP contribution in [0.25, 0.3) is 0 Å². The summed E-state index contributed by atoms with van der Waals surface area (Å²) in [4.78, 5) is 8.80. The number of halogens is 2. The van der Waals surface area contributed by atoms with Gasteiger partial charge in [-0.3, -0.25) is 0 Å². The minimum atomic E-state index is -2.44. The molecule has 0 aliphatic rings. The van der Waals surface area contributed by atoms with E-state index in [4.69, 9.17) is 11.6 Å². The molecule has 5 N–H and O–H groups in total. The summed E-state index contributed by atoms with van der Waals surface area (Å²) < 4.78 is 24.2. The molecule has 0 aliphatic carbocycles. The third kappa shape index (κ3) is 3.17. The van der Waals surface area contributed by atoms with Crippen molar-refractivity contribution in [3.63, 3.8) is 0 Å². The standard InChI is InChI=1S/C7H12F2N6/c1-15(3-4(8)9)6-2-5(14-11)12-7(10)13-6/h2,4H,3,11H2,1H3,(H3,10,12,13,14). The number of hydrogen-bond donors (Lipinski definition) is 3. The van der Waals surface area contributed by atoms with Crippen molar-refractivity contribution in [1.82, 2.24) is 9.97 Å². The Labute approximate surface area is 85.3 Å². The summed E-state index contributed by atoms with van der Waals surface area (Å²) in [6.07, 6.45) is -2.44. The maximum atomic E-state index is 12.1. The Bertz CT molecular complexity index is 331. The zero-order chi connectivity index (χ0) is 11.4. The van der Waals surface area contributed by atoms with Gasteiger partial charge in [0.2, 0.25) is 5.95 Å². The zero-order valence-corrected chi connectivity index (χ0v) is 8.11. The maximum Gasteiger partial charge on any atom is 0.255 e. The Morgan fingerprint density at radius 2 is 2.20 bits per heavy atom. The Morgan fingerprint density at radius 1 is 1.53 bits per heavy atom. The second-order valence-corrected chi connectivity index (χ2v) is 2.89. The van der Waals surface area contributed by atoms with Crippen molar-refractivity contribution in [2.24, 2.45) is 5.84 Å². The van der Waals surface area contributed by atoms with Crippen molar-refractivity contribution in [3.05, 3.63) is 6.07 Å². The summed E-state index contributed by atoms with van der Waals surface area (Å²) in [6.45, 7) is -0.430. The minimum absolute atomic E-state index is 0.0263. The van der Waals surface area contributed by atoms with Gasteiger partial charge >= 0.3 is 0 Å². The van der Waals surface area contributed by atoms with Crippen LogP contribution >= 0.6 is 0 Å². The third-order valence-corrected chi connectivity index (χ3v) is 1.68. The molecule has 0 fully saturated rings. The molecule has 0 radical (unpaired) electrons. The fourth-order valence-corrected chi connectivity index (χ4v) is 1.02. The van der Waals surface area contributed by atoms with E-state index in [1.54, 1.807) is 0 Å². The quantitative estimate of drug-likeness (QED) is 0.488. The molecule has 0 saturated heterocycles. The number of nitrogens with two attached hydrogens (primary N) is 2. The van der Waals surface area contributed by atoms with Gasteiger partial charge in [0.25, 0.3) is 6.43 Å². The zero-order valence-electron chi connectivity index (χ0n) is 8.11. The van der Waals surface area contributed by atoms with Crippen molar-refractivity contribution in [2.45, 2.75) is 6.43 Å². The van der Waals surface area contributed by atoms with E-state index in [0.29, 0.717) is 0 Å². The number of hydrazine groups is 1. The second-order valence-electron chi connectivity index (χ2n) is 2.89. The summed E-state index contributed by atoms with van der Waals surface area (Å²) in [5.41, 5.74) is 7.64. The van der Waals surface area contributed by atoms with Gasteiger partial charge in [-0.15, -0.1) is 0 Å². The van der Waals surface area contributed by atoms with Crippen molar-refractivity contribution in [3.8, 4) is 0 Å². The van der Waals surface area contributed by atoms with Gasteiger partial charge in [-0.05, 0) is 0 Å². The van der Waals surface area contributed by atoms with Crippen LogP contribution in [0.1, 0.15) is 0 Å². The molecule has 15 heavy (non-hydrogen) atoms. The Kier molecular flexibility index (Phi) is 3.56. The number of nitrogens with one attached hydrogen (secondary N) is 1. The van der Waals surface area contributed by atoms with E-state index in [-0.39, 0.29) is 17.6 Å². The molecule has 1 aromatic rings. The summed E-state index contributed by atoms with van der Waals surface area (Å²) >= 11 is 0. The molecule has 0 amide bonds. The van der Waals surface area contributed by atoms with Crippen LogP contribution in [0.2, 0.25) is 0 Å². The van der Waals surface area contributed by atoms with Crippen molar-refractivity contribution in [2.75, 3.05) is 29.7 Å². The Balaban J connectivity index is 2.88. The molecule has 8 heteroatoms. The van der Waals surface area contributed by atoms with Crippen molar-refractivity contribution in [1.29, 1.82) is 0 Å². The molecule has 1 aromatic heterocycles. The van der Waals surface area contributed by atoms with Gasteiger partial charge in [-0.2, -0.15) is 9.97 Å². The van der Waals surface area contributed by atoms with Gasteiger partial charge in [0.15, 0.2) is 0 Å². The fraction of sp³-hybridized carbons (Fsp3) is 0.429. The fourth-order valence-electron chi connectivity index (χ4n) is 1.02. The summed E-state index contributed by atoms with van der Waals surface area (Å²) in [5.74, 6) is 5.66. The first-order valence-electron chi connectivity index (χ1n) is 4.13. The Hall–Kier alpha value is -1.70. The van der Waals surface area contributed by atoms with E-state index in [2.05, 4.69) is 15.4 Å². The lowest BCUT2D eigenvalue weighted by atomic mass is 10.4. The predicted molar refractivity (Wildman–Crippen MR) is 53.5 cm³/mol. The molecule has 1 rings (SSSR count). The van der Waals surface area contributed by atoms with E-state index >= 15 is 0 Å². The second kappa shape index (κ2) is 4.69. The van der Waals surface area contributed by atoms with Crippen LogP contribution in [0.5, 0.6) is 0 Å². The molecule has 0 aromatic carbocycles. The van der Waals surface area contributed by atoms with Crippen LogP contribution in [0.15, 0.2) is 6.07 Å². The molecule has 0 bridgehead atoms. The van der Waals surface area contributed by atoms with Gasteiger partial charge < -0.3 is 16.1 Å². The highest BCUT2D eigenvalue weighted by Gasteiger charge is 2.11. The number of anilines is 3. The molecule has 0 aliphatic heterocycles. The van der Waals surface area contributed by atoms with Crippen LogP contribution in [0, 0.1) is 0 Å². The molecular formula is C7H12F2N6. The molecule has 0 unspecified atom stereocenters. The monoisotopic (exact) mass is 218 g/mol. The largest absolute Gasteiger partial charge is 0.368 e. The van der Waals surface area contributed by atoms with Gasteiger partial charge in [0.1, 0.15) is 11.6 Å². The molecule has 1 heterocycles. The number of hydrogen-bond acceptors (Lipinski definition) is 6. The number of rotatable bonds is 4. The molecule has 6 nitrogen and oxygen atoms in total. The number of alkyl halides is 2. The Morgan fingerprint density at radius 3 is 2.73 bits per heavy atom. The van der Waals surface area contributed by atoms with Gasteiger partial charge in [0, 0.05) is 13.1 Å². The average molecular weight is 218 g/mol. The lowest BCUT2D eigenvalue weighted by Gasteiger charge is -2.18. The first kappa shape index (κ1) is 11.4. The third-order valence-electron chi connectivity index (χ3n) is 1.68. The topological polar surface area (TPSA) is 93.1 Å². The summed E-state index contributed by atoms with van der Waals surface area (Å²) in [5, 5.41) is 0. The van der Waals surface area contributed by atoms with Crippen molar-refractivity contribution < 1.29 is 8.78 Å². The van der Waals surface area contributed by atoms with Crippen LogP contribution in [0.4, 0.5) is 26.4 Å². The van der Waals surface area contributed by atoms with E-state index in [9.17, 15) is 8.78 Å². The van der Waals surface area contributed by atoms with Gasteiger partial charge in [0.05, 0.1) is 6.54 Å². The van der Waals surface area contributed by atoms with Crippen LogP contribution < -0.4 is 21.9 Å². The molecule has 0 spiro atoms. The van der Waals surface area contributed by atoms with Crippen molar-refractivity contribution >= 4 is 17.6 Å². The average Bonchev–Trinajstić information content (AvgIpc) is 2.15. The van der Waals surface area contributed by atoms with E-state index in [1.807, 2.05) is 0 Å². The highest BCUT2D eigenvalue weighted by Crippen LogP contribution is 2.15. The number of aromatic nitrogens is 2. The number of nitrogen functional groups attached to an aromatic ring is 2. The molecule has 84 valence electrons. The lowest BCUT2D eigenvalue weighted by molar-refractivity contribution is 0.156. The molecular weight excluding hydrogens is 206 g/mol. The van der Waals surface area contributed by atoms with Crippen LogP contribution in [-0.4, -0.2) is 30.0 Å². The SMILES string of the molecule is CN(CC(F)F)c1cc(NN)nc(N)n1. The summed E-state index contributed by atoms with van der Waals surface area (Å²) in [7, 11) is 1.48. The highest BCUT2D eigenvalue weighted by molar-refractivity contribution is 5.51. The lowest BCUT2D eigenvalue weighted by Crippen LogP contribution is -2.25. The van der Waals surface area contributed by atoms with Gasteiger partial charge in [-0.1, -0.05) is 0 Å². The van der Waals surface area contributed by atoms with Crippen LogP contribution in [-0.2, 0) is 0 Å². The van der Waals surface area contributed by atoms with Gasteiger partial charge in [-0.25, -0.2) is 14.6 Å². The number of nitrogens with zero attached hydrogens (tertiary/aromatic N) is 3. The maximum absolute atomic E-state index is 12.1. The van der Waals surface area contributed by atoms with E-state index < -0.39 is 13.0 Å². The molecule has 0 saturated carbocycles. The first-order chi connectivity index (χ1) is 7.02. The van der Waals surface area contributed by atoms with E-state index in [0.717, 1.165) is 0 Å². The summed E-state index contributed by atoms with van der Waals surface area (Å²) in [6, 6.07) is 1.43. The normalized spacial score (nSPS) is 10.5. The predicted octanol–water partition coefficient (Wildman–Crippen LogP) is 0.0457. The minimum Gasteiger partial charge on any atom is -0.368 e. The van der Waals surface area contributed by atoms with E-state index in [1.165, 1.54) is 18.0 Å². The first-order valence-corrected chi connectivity index (χ1v) is 4.13. The smallest absolute Gasteiger partial charge is 0.255 e. The van der Waals surface area contributed by atoms with Crippen LogP contribution in [0.3, 0.4) is 0 Å².